The molecular formula is C12H16N2O2. The molecule has 2 rings (SSSR count). The Morgan fingerprint density at radius 1 is 1.38 bits per heavy atom. The van der Waals surface area contributed by atoms with Crippen LogP contribution < -0.4 is 0 Å². The molecule has 0 spiro atoms. The van der Waals surface area contributed by atoms with E-state index in [2.05, 4.69) is 0 Å². The van der Waals surface area contributed by atoms with E-state index < -0.39 is 0 Å². The van der Waals surface area contributed by atoms with Crippen molar-refractivity contribution in [3.63, 3.8) is 0 Å². The molecule has 2 amide bonds. The number of carbonyl (C=O) groups is 2. The lowest BCUT2D eigenvalue weighted by molar-refractivity contribution is -0.145. The number of hydrogen-bond acceptors (Lipinski definition) is 3. The molecular weight excluding hydrogens is 204 g/mol. The highest BCUT2D eigenvalue weighted by Crippen LogP contribution is 2.63. The minimum absolute atomic E-state index is 0.0675. The van der Waals surface area contributed by atoms with Gasteiger partial charge in [0.15, 0.2) is 0 Å². The summed E-state index contributed by atoms with van der Waals surface area (Å²) in [7, 11) is 0. The van der Waals surface area contributed by atoms with Gasteiger partial charge >= 0.3 is 0 Å². The van der Waals surface area contributed by atoms with Crippen molar-refractivity contribution in [1.82, 2.24) is 4.90 Å². The maximum absolute atomic E-state index is 12.0. The maximum Gasteiger partial charge on any atom is 0.233 e. The fourth-order valence-electron chi connectivity index (χ4n) is 2.85. The zero-order valence-electron chi connectivity index (χ0n) is 9.86. The second-order valence-electron chi connectivity index (χ2n) is 5.25. The number of rotatable bonds is 3. The molecule has 0 radical (unpaired) electrons. The summed E-state index contributed by atoms with van der Waals surface area (Å²) in [4.78, 5) is 25.4. The van der Waals surface area contributed by atoms with Crippen LogP contribution in [0, 0.1) is 28.6 Å². The van der Waals surface area contributed by atoms with Crippen LogP contribution in [0.5, 0.6) is 0 Å². The molecule has 0 bridgehead atoms. The van der Waals surface area contributed by atoms with Gasteiger partial charge < -0.3 is 0 Å². The van der Waals surface area contributed by atoms with Crippen molar-refractivity contribution in [3.05, 3.63) is 0 Å². The van der Waals surface area contributed by atoms with Crippen molar-refractivity contribution < 1.29 is 9.59 Å². The normalized spacial score (nSPS) is 32.2. The van der Waals surface area contributed by atoms with Crippen molar-refractivity contribution >= 4 is 11.8 Å². The number of fused-ring (bicyclic) bond motifs is 1. The Morgan fingerprint density at radius 2 is 1.88 bits per heavy atom. The molecule has 0 aromatic rings. The standard InChI is InChI=1S/C12H16N2O2/c1-4-7(5-6-13)14-10(15)8-9(11(14)16)12(8,2)3/h7-9H,4-5H2,1-3H3. The first kappa shape index (κ1) is 11.1. The Kier molecular flexibility index (Phi) is 2.30. The summed E-state index contributed by atoms with van der Waals surface area (Å²) in [6, 6.07) is 1.81. The van der Waals surface area contributed by atoms with E-state index in [-0.39, 0.29) is 41.5 Å². The van der Waals surface area contributed by atoms with Gasteiger partial charge in [0.05, 0.1) is 30.4 Å². The Balaban J connectivity index is 2.19. The van der Waals surface area contributed by atoms with Gasteiger partial charge in [0.25, 0.3) is 0 Å². The molecule has 4 nitrogen and oxygen atoms in total. The lowest BCUT2D eigenvalue weighted by Crippen LogP contribution is -2.43. The molecule has 0 aromatic carbocycles. The predicted molar refractivity (Wildman–Crippen MR) is 56.9 cm³/mol. The number of carbonyl (C=O) groups excluding carboxylic acids is 2. The summed E-state index contributed by atoms with van der Waals surface area (Å²) in [5.41, 5.74) is -0.157. The van der Waals surface area contributed by atoms with Crippen molar-refractivity contribution in [3.8, 4) is 6.07 Å². The van der Waals surface area contributed by atoms with E-state index in [1.54, 1.807) is 0 Å². The summed E-state index contributed by atoms with van der Waals surface area (Å²) in [5.74, 6) is -0.398. The smallest absolute Gasteiger partial charge is 0.233 e. The van der Waals surface area contributed by atoms with E-state index in [4.69, 9.17) is 5.26 Å². The van der Waals surface area contributed by atoms with Crippen LogP contribution in [0.4, 0.5) is 0 Å². The maximum atomic E-state index is 12.0. The van der Waals surface area contributed by atoms with Gasteiger partial charge in [0, 0.05) is 0 Å². The number of hydrogen-bond donors (Lipinski definition) is 0. The molecule has 1 heterocycles. The number of nitrogens with zero attached hydrogens (tertiary/aromatic N) is 2. The van der Waals surface area contributed by atoms with E-state index >= 15 is 0 Å². The van der Waals surface area contributed by atoms with Crippen molar-refractivity contribution in [2.75, 3.05) is 0 Å². The third-order valence-corrected chi connectivity index (χ3v) is 4.00. The minimum Gasteiger partial charge on any atom is -0.278 e. The van der Waals surface area contributed by atoms with Crippen LogP contribution in [0.1, 0.15) is 33.6 Å². The van der Waals surface area contributed by atoms with Crippen molar-refractivity contribution in [2.45, 2.75) is 39.7 Å². The molecule has 86 valence electrons. The zero-order chi connectivity index (χ0) is 12.1. The molecule has 4 heteroatoms. The van der Waals surface area contributed by atoms with E-state index in [0.29, 0.717) is 6.42 Å². The van der Waals surface area contributed by atoms with Crippen LogP contribution >= 0.6 is 0 Å². The first-order valence-corrected chi connectivity index (χ1v) is 5.70. The van der Waals surface area contributed by atoms with E-state index in [0.717, 1.165) is 0 Å². The molecule has 3 unspecified atom stereocenters. The molecule has 0 aromatic heterocycles. The third kappa shape index (κ3) is 1.21. The third-order valence-electron chi connectivity index (χ3n) is 4.00. The molecule has 16 heavy (non-hydrogen) atoms. The largest absolute Gasteiger partial charge is 0.278 e. The molecule has 2 aliphatic rings. The highest BCUT2D eigenvalue weighted by atomic mass is 16.2. The lowest BCUT2D eigenvalue weighted by atomic mass is 10.0. The number of imide groups is 1. The van der Waals surface area contributed by atoms with Crippen LogP contribution in [0.3, 0.4) is 0 Å². The first-order valence-electron chi connectivity index (χ1n) is 5.70. The zero-order valence-corrected chi connectivity index (χ0v) is 9.86. The van der Waals surface area contributed by atoms with Crippen molar-refractivity contribution in [2.24, 2.45) is 17.3 Å². The highest BCUT2D eigenvalue weighted by Gasteiger charge is 2.72. The minimum atomic E-state index is -0.228. The van der Waals surface area contributed by atoms with Gasteiger partial charge in [-0.3, -0.25) is 14.5 Å². The Morgan fingerprint density at radius 3 is 2.25 bits per heavy atom. The summed E-state index contributed by atoms with van der Waals surface area (Å²) < 4.78 is 0. The summed E-state index contributed by atoms with van der Waals surface area (Å²) in [6.07, 6.45) is 0.902. The van der Waals surface area contributed by atoms with Gasteiger partial charge in [-0.05, 0) is 11.8 Å². The number of amides is 2. The average molecular weight is 220 g/mol. The van der Waals surface area contributed by atoms with E-state index in [1.807, 2.05) is 26.8 Å². The molecule has 1 aliphatic carbocycles. The van der Waals surface area contributed by atoms with Gasteiger partial charge in [0.1, 0.15) is 0 Å². The second-order valence-corrected chi connectivity index (χ2v) is 5.25. The Bertz CT molecular complexity index is 370. The summed E-state index contributed by atoms with van der Waals surface area (Å²) in [6.45, 7) is 5.82. The topological polar surface area (TPSA) is 61.2 Å². The fraction of sp³-hybridized carbons (Fsp3) is 0.750. The molecule has 0 N–H and O–H groups in total. The van der Waals surface area contributed by atoms with Crippen molar-refractivity contribution in [1.29, 1.82) is 5.26 Å². The van der Waals surface area contributed by atoms with Crippen LogP contribution in [-0.2, 0) is 9.59 Å². The number of nitriles is 1. The highest BCUT2D eigenvalue weighted by molar-refractivity contribution is 6.10. The Hall–Kier alpha value is -1.37. The van der Waals surface area contributed by atoms with Gasteiger partial charge in [-0.15, -0.1) is 0 Å². The van der Waals surface area contributed by atoms with Gasteiger partial charge in [0.2, 0.25) is 11.8 Å². The van der Waals surface area contributed by atoms with Crippen LogP contribution in [0.2, 0.25) is 0 Å². The van der Waals surface area contributed by atoms with E-state index in [1.165, 1.54) is 4.90 Å². The molecule has 1 saturated heterocycles. The van der Waals surface area contributed by atoms with Gasteiger partial charge in [-0.2, -0.15) is 5.26 Å². The van der Waals surface area contributed by atoms with Crippen LogP contribution in [0.15, 0.2) is 0 Å². The quantitative estimate of drug-likeness (QED) is 0.674. The fourth-order valence-corrected chi connectivity index (χ4v) is 2.85. The lowest BCUT2D eigenvalue weighted by Gasteiger charge is -2.27. The summed E-state index contributed by atoms with van der Waals surface area (Å²) >= 11 is 0. The first-order chi connectivity index (χ1) is 7.46. The van der Waals surface area contributed by atoms with Crippen LogP contribution in [-0.4, -0.2) is 22.8 Å². The predicted octanol–water partition coefficient (Wildman–Crippen LogP) is 1.32. The number of piperidine rings is 1. The average Bonchev–Trinajstić information content (AvgIpc) is 2.67. The monoisotopic (exact) mass is 220 g/mol. The van der Waals surface area contributed by atoms with Gasteiger partial charge in [-0.1, -0.05) is 20.8 Å². The second kappa shape index (κ2) is 3.31. The molecule has 1 saturated carbocycles. The molecule has 2 fully saturated rings. The van der Waals surface area contributed by atoms with Crippen LogP contribution in [0.25, 0.3) is 0 Å². The molecule has 3 atom stereocenters. The SMILES string of the molecule is CCC(CC#N)N1C(=O)C2C(C1=O)C2(C)C. The number of likely N-dealkylation sites (tertiary alicyclic amines) is 1. The molecule has 1 aliphatic heterocycles. The van der Waals surface area contributed by atoms with E-state index in [9.17, 15) is 9.59 Å². The Labute approximate surface area is 95.2 Å². The summed E-state index contributed by atoms with van der Waals surface area (Å²) in [5, 5.41) is 8.68. The van der Waals surface area contributed by atoms with Gasteiger partial charge in [-0.25, -0.2) is 0 Å².